The largest absolute Gasteiger partial charge is 0.307 e. The van der Waals surface area contributed by atoms with Gasteiger partial charge in [0.25, 0.3) is 0 Å². The lowest BCUT2D eigenvalue weighted by atomic mass is 9.91. The molecule has 0 heterocycles. The third kappa shape index (κ3) is 7.95. The van der Waals surface area contributed by atoms with Crippen molar-refractivity contribution < 1.29 is 17.6 Å². The van der Waals surface area contributed by atoms with Crippen LogP contribution in [0.5, 0.6) is 0 Å². The number of benzene rings is 10. The van der Waals surface area contributed by atoms with Crippen molar-refractivity contribution in [2.45, 2.75) is 39.3 Å². The van der Waals surface area contributed by atoms with Gasteiger partial charge in [-0.05, 0) is 93.3 Å². The van der Waals surface area contributed by atoms with Crippen LogP contribution in [0.15, 0.2) is 170 Å². The summed E-state index contributed by atoms with van der Waals surface area (Å²) in [6, 6.07) is 52.3. The second kappa shape index (κ2) is 17.5. The Morgan fingerprint density at radius 2 is 0.871 bits per heavy atom. The summed E-state index contributed by atoms with van der Waals surface area (Å²) in [4.78, 5) is 7.27. The van der Waals surface area contributed by atoms with Gasteiger partial charge < -0.3 is 9.80 Å². The van der Waals surface area contributed by atoms with Crippen LogP contribution in [-0.4, -0.2) is 16.1 Å². The molecule has 10 rings (SSSR count). The van der Waals surface area contributed by atoms with Crippen LogP contribution >= 0.6 is 0 Å². The summed E-state index contributed by atoms with van der Waals surface area (Å²) < 4.78 is 65.8. The summed E-state index contributed by atoms with van der Waals surface area (Å²) in [5, 5.41) is 16.9. The standard InChI is InChI=1S/C60H46F4N4Si2/c1-66-42-22-26-44(27-23-42)68(60-50(33-41(62)35-52(60)64)46-13-9-11-15-56(46)70(5,6)7)54-31-21-39-18-28-47-53(30-20-38-19-29-48(54)58(39)57(38)47)67(43-24-16-37(36-65)17-25-43)59-49(32-40(61)34-51(59)63)45-12-8-10-14-55(45)69(2,3)4/h8-35H,2-7H3. The Bertz CT molecular complexity index is 3520. The molecule has 10 aromatic rings. The van der Waals surface area contributed by atoms with Gasteiger partial charge in [0.2, 0.25) is 0 Å². The Morgan fingerprint density at radius 1 is 0.471 bits per heavy atom. The van der Waals surface area contributed by atoms with Crippen LogP contribution in [0.2, 0.25) is 39.3 Å². The molecular formula is C60H46F4N4Si2. The van der Waals surface area contributed by atoms with Gasteiger partial charge in [-0.25, -0.2) is 22.4 Å². The number of hydrogen-bond acceptors (Lipinski definition) is 3. The highest BCUT2D eigenvalue weighted by Gasteiger charge is 2.31. The van der Waals surface area contributed by atoms with E-state index in [2.05, 4.69) is 50.2 Å². The molecule has 70 heavy (non-hydrogen) atoms. The Balaban J connectivity index is 1.28. The van der Waals surface area contributed by atoms with Crippen molar-refractivity contribution in [3.05, 3.63) is 210 Å². The molecule has 0 saturated heterocycles. The molecule has 0 amide bonds. The van der Waals surface area contributed by atoms with E-state index in [-0.39, 0.29) is 11.4 Å². The SMILES string of the molecule is [C-]#[N+]c1ccc(N(c2c(F)cc(F)cc2-c2ccccc2[Si](C)(C)C)c2ccc3ccc4c(N(c5ccc(C#N)cc5)c5c(F)cc(F)cc5-c5ccccc5[Si](C)(C)C)ccc5ccc2c3c54)cc1. The number of rotatable bonds is 10. The van der Waals surface area contributed by atoms with Gasteiger partial charge in [-0.1, -0.05) is 147 Å². The molecule has 0 aromatic heterocycles. The quantitative estimate of drug-likeness (QED) is 0.0593. The fraction of sp³-hybridized carbons (Fsp3) is 0.100. The van der Waals surface area contributed by atoms with Crippen LogP contribution in [0.4, 0.5) is 57.4 Å². The minimum Gasteiger partial charge on any atom is -0.307 e. The van der Waals surface area contributed by atoms with Gasteiger partial charge in [0, 0.05) is 45.4 Å². The zero-order chi connectivity index (χ0) is 49.2. The highest BCUT2D eigenvalue weighted by Crippen LogP contribution is 2.51. The molecule has 0 saturated carbocycles. The molecule has 4 nitrogen and oxygen atoms in total. The zero-order valence-corrected chi connectivity index (χ0v) is 41.5. The average Bonchev–Trinajstić information content (AvgIpc) is 3.34. The number of anilines is 6. The maximum absolute atomic E-state index is 17.2. The molecular weight excluding hydrogens is 909 g/mol. The Kier molecular flexibility index (Phi) is 11.4. The van der Waals surface area contributed by atoms with Crippen molar-refractivity contribution in [1.82, 2.24) is 0 Å². The van der Waals surface area contributed by atoms with Gasteiger partial charge in [-0.15, -0.1) is 0 Å². The molecule has 342 valence electrons. The lowest BCUT2D eigenvalue weighted by Gasteiger charge is -2.32. The average molecular weight is 955 g/mol. The number of nitriles is 1. The van der Waals surface area contributed by atoms with Crippen molar-refractivity contribution in [2.24, 2.45) is 0 Å². The molecule has 0 bridgehead atoms. The van der Waals surface area contributed by atoms with Gasteiger partial charge in [0.05, 0.1) is 57.1 Å². The summed E-state index contributed by atoms with van der Waals surface area (Å²) >= 11 is 0. The van der Waals surface area contributed by atoms with E-state index in [0.29, 0.717) is 45.1 Å². The van der Waals surface area contributed by atoms with Crippen molar-refractivity contribution in [1.29, 1.82) is 5.26 Å². The van der Waals surface area contributed by atoms with Crippen LogP contribution in [-0.2, 0) is 0 Å². The lowest BCUT2D eigenvalue weighted by molar-refractivity contribution is 0.584. The molecule has 0 atom stereocenters. The third-order valence-corrected chi connectivity index (χ3v) is 17.3. The summed E-state index contributed by atoms with van der Waals surface area (Å²) in [5.41, 5.74) is 5.73. The Labute approximate surface area is 407 Å². The minimum absolute atomic E-state index is 0.152. The van der Waals surface area contributed by atoms with E-state index in [1.54, 1.807) is 48.5 Å². The summed E-state index contributed by atoms with van der Waals surface area (Å²) in [6.07, 6.45) is 0. The molecule has 0 radical (unpaired) electrons. The summed E-state index contributed by atoms with van der Waals surface area (Å²) in [7, 11) is -4.16. The molecule has 0 spiro atoms. The van der Waals surface area contributed by atoms with Crippen LogP contribution < -0.4 is 20.2 Å². The van der Waals surface area contributed by atoms with E-state index in [1.807, 2.05) is 107 Å². The first-order valence-corrected chi connectivity index (χ1v) is 30.0. The van der Waals surface area contributed by atoms with Crippen molar-refractivity contribution in [3.63, 3.8) is 0 Å². The van der Waals surface area contributed by atoms with E-state index in [0.717, 1.165) is 66.0 Å². The van der Waals surface area contributed by atoms with Crippen molar-refractivity contribution in [3.8, 4) is 28.3 Å². The second-order valence-corrected chi connectivity index (χ2v) is 29.8. The number of nitrogens with zero attached hydrogens (tertiary/aromatic N) is 4. The lowest BCUT2D eigenvalue weighted by Crippen LogP contribution is -2.39. The normalized spacial score (nSPS) is 11.8. The smallest absolute Gasteiger partial charge is 0.187 e. The Morgan fingerprint density at radius 3 is 1.27 bits per heavy atom. The predicted molar refractivity (Wildman–Crippen MR) is 287 cm³/mol. The van der Waals surface area contributed by atoms with Crippen molar-refractivity contribution in [2.75, 3.05) is 9.80 Å². The molecule has 10 heteroatoms. The number of halogens is 4. The van der Waals surface area contributed by atoms with E-state index in [4.69, 9.17) is 6.57 Å². The summed E-state index contributed by atoms with van der Waals surface area (Å²) in [6.45, 7) is 20.9. The van der Waals surface area contributed by atoms with Crippen molar-refractivity contribution >= 4 is 98.7 Å². The maximum atomic E-state index is 17.2. The fourth-order valence-corrected chi connectivity index (χ4v) is 13.3. The predicted octanol–water partition coefficient (Wildman–Crippen LogP) is 16.9. The van der Waals surface area contributed by atoms with Gasteiger partial charge in [0.15, 0.2) is 17.3 Å². The van der Waals surface area contributed by atoms with Crippen LogP contribution in [0, 0.1) is 41.2 Å². The second-order valence-electron chi connectivity index (χ2n) is 19.7. The molecule has 0 fully saturated rings. The molecule has 0 aliphatic heterocycles. The van der Waals surface area contributed by atoms with Gasteiger partial charge in [-0.2, -0.15) is 5.26 Å². The van der Waals surface area contributed by atoms with E-state index in [9.17, 15) is 5.26 Å². The fourth-order valence-electron chi connectivity index (χ4n) is 10.0. The topological polar surface area (TPSA) is 34.6 Å². The van der Waals surface area contributed by atoms with E-state index in [1.165, 1.54) is 12.1 Å². The first-order valence-electron chi connectivity index (χ1n) is 23.0. The summed E-state index contributed by atoms with van der Waals surface area (Å²) in [5.74, 6) is -2.93. The number of hydrogen-bond donors (Lipinski definition) is 0. The highest BCUT2D eigenvalue weighted by atomic mass is 28.3. The minimum atomic E-state index is -2.08. The monoisotopic (exact) mass is 954 g/mol. The molecule has 0 N–H and O–H groups in total. The molecule has 0 aliphatic carbocycles. The van der Waals surface area contributed by atoms with Gasteiger partial charge in [-0.3, -0.25) is 0 Å². The van der Waals surface area contributed by atoms with Gasteiger partial charge in [0.1, 0.15) is 11.6 Å². The van der Waals surface area contributed by atoms with Gasteiger partial charge >= 0.3 is 0 Å². The maximum Gasteiger partial charge on any atom is 0.187 e. The third-order valence-electron chi connectivity index (χ3n) is 13.1. The first-order chi connectivity index (χ1) is 33.5. The molecule has 0 aliphatic rings. The van der Waals surface area contributed by atoms with Crippen LogP contribution in [0.3, 0.4) is 0 Å². The van der Waals surface area contributed by atoms with Crippen LogP contribution in [0.1, 0.15) is 5.56 Å². The van der Waals surface area contributed by atoms with E-state index < -0.39 is 39.4 Å². The Hall–Kier alpha value is -8.03. The first kappa shape index (κ1) is 45.7. The highest BCUT2D eigenvalue weighted by molar-refractivity contribution is 6.90. The van der Waals surface area contributed by atoms with Crippen LogP contribution in [0.25, 0.3) is 59.4 Å². The zero-order valence-electron chi connectivity index (χ0n) is 39.5. The molecule has 0 unspecified atom stereocenters. The van der Waals surface area contributed by atoms with E-state index >= 15 is 17.6 Å². The molecule has 10 aromatic carbocycles.